The lowest BCUT2D eigenvalue weighted by Gasteiger charge is -2.18. The van der Waals surface area contributed by atoms with Crippen molar-refractivity contribution in [1.82, 2.24) is 25.8 Å². The van der Waals surface area contributed by atoms with Crippen molar-refractivity contribution < 1.29 is 24.0 Å². The van der Waals surface area contributed by atoms with Crippen LogP contribution in [0.1, 0.15) is 142 Å². The lowest BCUT2D eigenvalue weighted by molar-refractivity contribution is -0.138. The molecule has 2 saturated heterocycles. The van der Waals surface area contributed by atoms with Crippen LogP contribution in [0.25, 0.3) is 0 Å². The van der Waals surface area contributed by atoms with Gasteiger partial charge in [-0.15, -0.1) is 0 Å². The zero-order chi connectivity index (χ0) is 42.6. The van der Waals surface area contributed by atoms with Crippen molar-refractivity contribution in [3.05, 3.63) is 107 Å². The number of carbonyl (C=O) groups is 5. The molecule has 4 aliphatic rings. The van der Waals surface area contributed by atoms with E-state index in [1.165, 1.54) is 75.3 Å². The normalized spacial score (nSPS) is 24.1. The monoisotopic (exact) mass is 830 g/mol. The third-order valence-corrected chi connectivity index (χ3v) is 13.5. The Labute approximate surface area is 363 Å². The minimum Gasteiger partial charge on any atom is -0.355 e. The molecule has 4 fully saturated rings. The summed E-state index contributed by atoms with van der Waals surface area (Å²) in [5.74, 6) is -2.41. The second kappa shape index (κ2) is 21.7. The van der Waals surface area contributed by atoms with Gasteiger partial charge in [0, 0.05) is 62.2 Å². The topological polar surface area (TPSA) is 128 Å². The van der Waals surface area contributed by atoms with Crippen LogP contribution in [0.4, 0.5) is 0 Å². The number of amides is 5. The minimum atomic E-state index is -0.662. The molecule has 7 rings (SSSR count). The van der Waals surface area contributed by atoms with Crippen molar-refractivity contribution in [3.8, 4) is 0 Å². The highest BCUT2D eigenvalue weighted by molar-refractivity contribution is 6.01. The first-order chi connectivity index (χ1) is 29.8. The predicted octanol–water partition coefficient (Wildman–Crippen LogP) is 7.89. The summed E-state index contributed by atoms with van der Waals surface area (Å²) in [6, 6.07) is 27.5. The first-order valence-electron chi connectivity index (χ1n) is 23.5. The number of benzene rings is 3. The molecule has 61 heavy (non-hydrogen) atoms. The average Bonchev–Trinajstić information content (AvgIpc) is 4.15. The maximum Gasteiger partial charge on any atom is 0.253 e. The van der Waals surface area contributed by atoms with Gasteiger partial charge in [-0.2, -0.15) is 0 Å². The molecule has 3 N–H and O–H groups in total. The van der Waals surface area contributed by atoms with Gasteiger partial charge in [-0.05, 0) is 54.5 Å². The Kier molecular flexibility index (Phi) is 15.7. The van der Waals surface area contributed by atoms with Gasteiger partial charge in [-0.3, -0.25) is 24.0 Å². The Morgan fingerprint density at radius 3 is 1.61 bits per heavy atom. The summed E-state index contributed by atoms with van der Waals surface area (Å²) in [4.78, 5) is 71.2. The third-order valence-electron chi connectivity index (χ3n) is 13.5. The van der Waals surface area contributed by atoms with Crippen LogP contribution in [-0.2, 0) is 25.7 Å². The standard InChI is InChI=1S/C51H67N5O5/c1-2-3-4-5-6-7-8-9-10-11-12-19-29-52-47(57)40-28-30-55(51(40)61)33-36-24-26-39(27-25-36)50(60)56-34-43(48(58)53-45-31-41(45)37-20-15-13-16-21-37)44(35-56)49(59)54-46-32-42(46)38-22-17-14-18-23-38/h13-18,20-27,40-46H,2-12,19,28-35H2,1H3,(H,52,57)(H,53,58)(H,54,59)/t40?,41-,42-,43-,44-,45?,46?/m1/s1. The minimum absolute atomic E-state index is 0.0121. The molecule has 3 aromatic carbocycles. The fourth-order valence-electron chi connectivity index (χ4n) is 9.52. The first kappa shape index (κ1) is 44.1. The van der Waals surface area contributed by atoms with Crippen molar-refractivity contribution in [2.24, 2.45) is 17.8 Å². The number of hydrogen-bond donors (Lipinski definition) is 3. The molecule has 10 heteroatoms. The summed E-state index contributed by atoms with van der Waals surface area (Å²) in [6.45, 7) is 4.05. The van der Waals surface area contributed by atoms with E-state index in [1.54, 1.807) is 21.9 Å². The zero-order valence-corrected chi connectivity index (χ0v) is 36.2. The van der Waals surface area contributed by atoms with E-state index in [4.69, 9.17) is 0 Å². The molecule has 3 unspecified atom stereocenters. The van der Waals surface area contributed by atoms with Crippen molar-refractivity contribution in [2.45, 2.75) is 134 Å². The van der Waals surface area contributed by atoms with Crippen LogP contribution in [0.3, 0.4) is 0 Å². The van der Waals surface area contributed by atoms with Gasteiger partial charge in [0.25, 0.3) is 5.91 Å². The lowest BCUT2D eigenvalue weighted by Crippen LogP contribution is -2.43. The van der Waals surface area contributed by atoms with Gasteiger partial charge < -0.3 is 25.8 Å². The molecule has 2 aliphatic carbocycles. The van der Waals surface area contributed by atoms with Crippen molar-refractivity contribution in [1.29, 1.82) is 0 Å². The van der Waals surface area contributed by atoms with Crippen LogP contribution < -0.4 is 16.0 Å². The molecule has 0 aromatic heterocycles. The number of nitrogens with one attached hydrogen (secondary N) is 3. The van der Waals surface area contributed by atoms with E-state index in [-0.39, 0.29) is 66.5 Å². The zero-order valence-electron chi connectivity index (χ0n) is 36.2. The maximum atomic E-state index is 13.9. The number of hydrogen-bond acceptors (Lipinski definition) is 5. The highest BCUT2D eigenvalue weighted by atomic mass is 16.2. The quantitative estimate of drug-likeness (QED) is 0.0662. The van der Waals surface area contributed by atoms with Crippen LogP contribution in [0.2, 0.25) is 0 Å². The molecule has 326 valence electrons. The van der Waals surface area contributed by atoms with E-state index in [0.29, 0.717) is 31.6 Å². The molecule has 2 heterocycles. The second-order valence-corrected chi connectivity index (χ2v) is 18.1. The molecule has 0 radical (unpaired) electrons. The summed E-state index contributed by atoms with van der Waals surface area (Å²) in [7, 11) is 0. The van der Waals surface area contributed by atoms with Gasteiger partial charge in [0.2, 0.25) is 23.6 Å². The highest BCUT2D eigenvalue weighted by Crippen LogP contribution is 2.42. The van der Waals surface area contributed by atoms with Gasteiger partial charge in [0.05, 0.1) is 11.8 Å². The molecule has 10 nitrogen and oxygen atoms in total. The predicted molar refractivity (Wildman–Crippen MR) is 238 cm³/mol. The smallest absolute Gasteiger partial charge is 0.253 e. The number of rotatable bonds is 23. The molecule has 7 atom stereocenters. The van der Waals surface area contributed by atoms with Crippen molar-refractivity contribution in [2.75, 3.05) is 26.2 Å². The number of likely N-dealkylation sites (tertiary alicyclic amines) is 2. The van der Waals surface area contributed by atoms with Crippen LogP contribution in [0, 0.1) is 17.8 Å². The largest absolute Gasteiger partial charge is 0.355 e. The van der Waals surface area contributed by atoms with Gasteiger partial charge in [0.15, 0.2) is 0 Å². The number of unbranched alkanes of at least 4 members (excludes halogenated alkanes) is 11. The molecular formula is C51H67N5O5. The van der Waals surface area contributed by atoms with E-state index >= 15 is 0 Å². The Morgan fingerprint density at radius 1 is 0.607 bits per heavy atom. The van der Waals surface area contributed by atoms with Crippen molar-refractivity contribution >= 4 is 29.5 Å². The third kappa shape index (κ3) is 12.1. The average molecular weight is 830 g/mol. The number of carbonyl (C=O) groups excluding carboxylic acids is 5. The van der Waals surface area contributed by atoms with Gasteiger partial charge in [0.1, 0.15) is 5.92 Å². The highest BCUT2D eigenvalue weighted by Gasteiger charge is 2.49. The summed E-state index contributed by atoms with van der Waals surface area (Å²) >= 11 is 0. The van der Waals surface area contributed by atoms with Crippen LogP contribution in [0.5, 0.6) is 0 Å². The second-order valence-electron chi connectivity index (χ2n) is 18.1. The van der Waals surface area contributed by atoms with Crippen LogP contribution in [0.15, 0.2) is 84.9 Å². The van der Waals surface area contributed by atoms with Crippen LogP contribution in [-0.4, -0.2) is 77.6 Å². The van der Waals surface area contributed by atoms with E-state index in [1.807, 2.05) is 48.5 Å². The molecule has 2 saturated carbocycles. The fraction of sp³-hybridized carbons (Fsp3) is 0.549. The molecular weight excluding hydrogens is 763 g/mol. The van der Waals surface area contributed by atoms with E-state index in [0.717, 1.165) is 31.2 Å². The van der Waals surface area contributed by atoms with E-state index < -0.39 is 17.8 Å². The molecule has 2 aliphatic heterocycles. The Bertz CT molecular complexity index is 1850. The van der Waals surface area contributed by atoms with Gasteiger partial charge >= 0.3 is 0 Å². The number of nitrogens with zero attached hydrogens (tertiary/aromatic N) is 2. The molecule has 0 bridgehead atoms. The van der Waals surface area contributed by atoms with Gasteiger partial charge in [-0.25, -0.2) is 0 Å². The Morgan fingerprint density at radius 2 is 1.10 bits per heavy atom. The fourth-order valence-corrected chi connectivity index (χ4v) is 9.52. The molecule has 3 aromatic rings. The summed E-state index contributed by atoms with van der Waals surface area (Å²) < 4.78 is 0. The Hall–Kier alpha value is -4.99. The summed E-state index contributed by atoms with van der Waals surface area (Å²) in [6.07, 6.45) is 17.4. The van der Waals surface area contributed by atoms with E-state index in [9.17, 15) is 24.0 Å². The summed E-state index contributed by atoms with van der Waals surface area (Å²) in [5.41, 5.74) is 3.71. The van der Waals surface area contributed by atoms with Crippen molar-refractivity contribution in [3.63, 3.8) is 0 Å². The lowest BCUT2D eigenvalue weighted by atomic mass is 9.94. The SMILES string of the molecule is CCCCCCCCCCCCCCNC(=O)C1CCN(Cc2ccc(C(=O)N3C[C@@H](C(=O)NC4C[C@@H]4c4ccccc4)[C@H](C(=O)NC4C[C@@H]4c4ccccc4)C3)cc2)C1=O. The maximum absolute atomic E-state index is 13.9. The molecule has 0 spiro atoms. The van der Waals surface area contributed by atoms with E-state index in [2.05, 4.69) is 47.1 Å². The van der Waals surface area contributed by atoms with Crippen LogP contribution >= 0.6 is 0 Å². The molecule has 5 amide bonds. The summed E-state index contributed by atoms with van der Waals surface area (Å²) in [5, 5.41) is 9.41. The Balaban J connectivity index is 0.861. The van der Waals surface area contributed by atoms with Gasteiger partial charge in [-0.1, -0.05) is 150 Å². The first-order valence-corrected chi connectivity index (χ1v) is 23.5.